The number of carbonyl (C=O) groups excluding carboxylic acids is 2. The van der Waals surface area contributed by atoms with Gasteiger partial charge in [0.25, 0.3) is 0 Å². The number of amides is 1. The Kier molecular flexibility index (Phi) is 7.70. The first-order valence-corrected chi connectivity index (χ1v) is 12.1. The number of aromatic nitrogens is 2. The van der Waals surface area contributed by atoms with E-state index in [9.17, 15) is 9.59 Å². The van der Waals surface area contributed by atoms with Crippen LogP contribution in [0.2, 0.25) is 0 Å². The van der Waals surface area contributed by atoms with Crippen molar-refractivity contribution in [3.63, 3.8) is 0 Å². The number of nitrogens with two attached hydrogens (primary N) is 1. The predicted molar refractivity (Wildman–Crippen MR) is 144 cm³/mol. The molecule has 11 heteroatoms. The molecule has 0 aliphatic carbocycles. The molecule has 0 spiro atoms. The second-order valence-electron chi connectivity index (χ2n) is 9.80. The van der Waals surface area contributed by atoms with Crippen molar-refractivity contribution in [1.82, 2.24) is 20.2 Å². The molecule has 38 heavy (non-hydrogen) atoms. The molecule has 1 aliphatic heterocycles. The molecule has 4 rings (SSSR count). The number of piperazine rings is 1. The molecule has 2 heterocycles. The predicted octanol–water partition coefficient (Wildman–Crippen LogP) is 3.12. The molecule has 1 aromatic heterocycles. The average Bonchev–Trinajstić information content (AvgIpc) is 2.90. The van der Waals surface area contributed by atoms with Crippen LogP contribution in [0.15, 0.2) is 48.2 Å². The normalized spacial score (nSPS) is 15.8. The van der Waals surface area contributed by atoms with E-state index in [1.807, 2.05) is 57.0 Å². The van der Waals surface area contributed by atoms with E-state index in [2.05, 4.69) is 15.3 Å². The number of hydrogen-bond donors (Lipinski definition) is 2. The molecule has 1 saturated heterocycles. The molecule has 0 bridgehead atoms. The summed E-state index contributed by atoms with van der Waals surface area (Å²) in [4.78, 5) is 37.7. The minimum atomic E-state index is -0.838. The van der Waals surface area contributed by atoms with E-state index >= 15 is 0 Å². The zero-order valence-corrected chi connectivity index (χ0v) is 22.1. The Morgan fingerprint density at radius 3 is 2.42 bits per heavy atom. The Morgan fingerprint density at radius 2 is 1.79 bits per heavy atom. The quantitative estimate of drug-likeness (QED) is 0.467. The lowest BCUT2D eigenvalue weighted by molar-refractivity contribution is 0.0702. The second-order valence-corrected chi connectivity index (χ2v) is 9.80. The highest BCUT2D eigenvalue weighted by molar-refractivity contribution is 5.92. The van der Waals surface area contributed by atoms with Crippen molar-refractivity contribution in [1.29, 1.82) is 0 Å². The van der Waals surface area contributed by atoms with Crippen LogP contribution in [-0.4, -0.2) is 65.9 Å². The molecule has 1 fully saturated rings. The number of ether oxygens (including phenoxy) is 3. The fraction of sp³-hybridized carbons (Fsp3) is 0.370. The van der Waals surface area contributed by atoms with Crippen LogP contribution < -0.4 is 25.4 Å². The molecular weight excluding hydrogens is 488 g/mol. The van der Waals surface area contributed by atoms with Crippen molar-refractivity contribution in [2.24, 2.45) is 0 Å². The Labute approximate surface area is 221 Å². The van der Waals surface area contributed by atoms with E-state index in [0.29, 0.717) is 22.4 Å². The van der Waals surface area contributed by atoms with E-state index in [-0.39, 0.29) is 37.2 Å². The Bertz CT molecular complexity index is 1370. The minimum absolute atomic E-state index is 0.109. The van der Waals surface area contributed by atoms with Gasteiger partial charge in [-0.1, -0.05) is 30.3 Å². The Hall–Kier alpha value is -4.34. The van der Waals surface area contributed by atoms with Crippen LogP contribution in [0.4, 0.5) is 16.6 Å². The lowest BCUT2D eigenvalue weighted by Gasteiger charge is -2.43. The zero-order chi connectivity index (χ0) is 27.4. The summed E-state index contributed by atoms with van der Waals surface area (Å²) in [5, 5.41) is 3.91. The van der Waals surface area contributed by atoms with Gasteiger partial charge in [-0.3, -0.25) is 15.1 Å². The van der Waals surface area contributed by atoms with Gasteiger partial charge in [0, 0.05) is 30.1 Å². The first-order valence-electron chi connectivity index (χ1n) is 12.1. The van der Waals surface area contributed by atoms with Crippen molar-refractivity contribution in [2.45, 2.75) is 39.1 Å². The maximum absolute atomic E-state index is 13.2. The molecule has 200 valence electrons. The van der Waals surface area contributed by atoms with E-state index in [1.165, 1.54) is 19.1 Å². The molecule has 1 aliphatic rings. The van der Waals surface area contributed by atoms with Crippen LogP contribution in [0.25, 0.3) is 10.9 Å². The standard InChI is InChI=1S/C27H32N6O5/c1-27(2,3)31-24-20(15-34)32(11-12-33(24)26(35)38-16-17-9-7-6-8-10-17)25-29-19-14-22(37-5)21(36-4)13-18(19)23(28)30-25/h6-10,13-14,24,31H,11-12,16H2,1-5H3,(H2,28,29,30)/t24-/m0/s1. The Morgan fingerprint density at radius 1 is 1.11 bits per heavy atom. The summed E-state index contributed by atoms with van der Waals surface area (Å²) < 4.78 is 16.3. The van der Waals surface area contributed by atoms with Gasteiger partial charge in [0.15, 0.2) is 11.5 Å². The molecule has 0 radical (unpaired) electrons. The molecule has 1 atom stereocenters. The van der Waals surface area contributed by atoms with Gasteiger partial charge >= 0.3 is 6.09 Å². The van der Waals surface area contributed by atoms with Crippen molar-refractivity contribution in [2.75, 3.05) is 37.9 Å². The summed E-state index contributed by atoms with van der Waals surface area (Å²) in [7, 11) is 3.06. The van der Waals surface area contributed by atoms with Gasteiger partial charge in [-0.2, -0.15) is 4.98 Å². The smallest absolute Gasteiger partial charge is 0.411 e. The van der Waals surface area contributed by atoms with Crippen LogP contribution in [0.1, 0.15) is 26.3 Å². The summed E-state index contributed by atoms with van der Waals surface area (Å²) in [6.45, 7) is 6.38. The largest absolute Gasteiger partial charge is 0.493 e. The summed E-state index contributed by atoms with van der Waals surface area (Å²) in [5.41, 5.74) is 7.35. The molecule has 11 nitrogen and oxygen atoms in total. The summed E-state index contributed by atoms with van der Waals surface area (Å²) in [6.07, 6.45) is -1.39. The number of nitrogens with one attached hydrogen (secondary N) is 1. The molecule has 0 saturated carbocycles. The molecular formula is C27H32N6O5. The number of carbonyl (C=O) groups is 1. The van der Waals surface area contributed by atoms with E-state index in [0.717, 1.165) is 5.56 Å². The fourth-order valence-corrected chi connectivity index (χ4v) is 4.21. The SMILES string of the molecule is COc1cc2nc(N3CCN(C(=O)OCc4ccccc4)[C@H](NC(C)(C)C)C3=C=O)nc(N)c2cc1OC. The zero-order valence-electron chi connectivity index (χ0n) is 22.1. The highest BCUT2D eigenvalue weighted by Gasteiger charge is 2.40. The highest BCUT2D eigenvalue weighted by atomic mass is 16.6. The van der Waals surface area contributed by atoms with Crippen molar-refractivity contribution in [3.05, 3.63) is 53.7 Å². The van der Waals surface area contributed by atoms with Crippen molar-refractivity contribution < 1.29 is 23.8 Å². The van der Waals surface area contributed by atoms with Gasteiger partial charge in [0.05, 0.1) is 19.7 Å². The van der Waals surface area contributed by atoms with Crippen LogP contribution in [0, 0.1) is 0 Å². The van der Waals surface area contributed by atoms with Crippen LogP contribution >= 0.6 is 0 Å². The average molecular weight is 521 g/mol. The lowest BCUT2D eigenvalue weighted by atomic mass is 10.1. The third kappa shape index (κ3) is 5.64. The van der Waals surface area contributed by atoms with Crippen molar-refractivity contribution in [3.8, 4) is 11.5 Å². The van der Waals surface area contributed by atoms with Crippen LogP contribution in [0.5, 0.6) is 11.5 Å². The number of hydrogen-bond acceptors (Lipinski definition) is 10. The molecule has 3 aromatic rings. The molecule has 0 unspecified atom stereocenters. The number of benzene rings is 2. The third-order valence-electron chi connectivity index (χ3n) is 6.00. The van der Waals surface area contributed by atoms with Gasteiger partial charge < -0.3 is 19.9 Å². The van der Waals surface area contributed by atoms with E-state index in [1.54, 1.807) is 17.0 Å². The number of anilines is 2. The van der Waals surface area contributed by atoms with Gasteiger partial charge in [-0.15, -0.1) is 0 Å². The Balaban J connectivity index is 1.67. The maximum Gasteiger partial charge on any atom is 0.411 e. The first kappa shape index (κ1) is 26.7. The highest BCUT2D eigenvalue weighted by Crippen LogP contribution is 2.35. The minimum Gasteiger partial charge on any atom is -0.493 e. The monoisotopic (exact) mass is 520 g/mol. The van der Waals surface area contributed by atoms with Crippen LogP contribution in [-0.2, 0) is 16.1 Å². The van der Waals surface area contributed by atoms with Gasteiger partial charge in [-0.25, -0.2) is 14.6 Å². The molecule has 2 aromatic carbocycles. The molecule has 3 N–H and O–H groups in total. The number of rotatable bonds is 6. The summed E-state index contributed by atoms with van der Waals surface area (Å²) >= 11 is 0. The number of methoxy groups -OCH3 is 2. The van der Waals surface area contributed by atoms with Crippen LogP contribution in [0.3, 0.4) is 0 Å². The number of nitrogen functional groups attached to an aromatic ring is 1. The fourth-order valence-electron chi connectivity index (χ4n) is 4.21. The summed E-state index contributed by atoms with van der Waals surface area (Å²) in [5.74, 6) is 3.40. The number of nitrogens with zero attached hydrogens (tertiary/aromatic N) is 4. The van der Waals surface area contributed by atoms with E-state index < -0.39 is 17.8 Å². The van der Waals surface area contributed by atoms with Gasteiger partial charge in [0.2, 0.25) is 5.95 Å². The molecule has 1 amide bonds. The van der Waals surface area contributed by atoms with Crippen molar-refractivity contribution >= 4 is 34.7 Å². The summed E-state index contributed by atoms with van der Waals surface area (Å²) in [6, 6.07) is 12.8. The number of fused-ring (bicyclic) bond motifs is 1. The van der Waals surface area contributed by atoms with Gasteiger partial charge in [0.1, 0.15) is 30.2 Å². The third-order valence-corrected chi connectivity index (χ3v) is 6.00. The topological polar surface area (TPSA) is 132 Å². The second kappa shape index (κ2) is 11.0. The van der Waals surface area contributed by atoms with Gasteiger partial charge in [-0.05, 0) is 32.4 Å². The van der Waals surface area contributed by atoms with E-state index in [4.69, 9.17) is 19.9 Å². The first-order chi connectivity index (χ1) is 18.1. The maximum atomic E-state index is 13.2. The lowest BCUT2D eigenvalue weighted by Crippen LogP contribution is -2.63.